The zero-order valence-corrected chi connectivity index (χ0v) is 18.9. The summed E-state index contributed by atoms with van der Waals surface area (Å²) in [5.41, 5.74) is 3.65. The van der Waals surface area contributed by atoms with E-state index in [1.165, 1.54) is 6.33 Å². The molecule has 0 radical (unpaired) electrons. The summed E-state index contributed by atoms with van der Waals surface area (Å²) in [6, 6.07) is 5.95. The topological polar surface area (TPSA) is 85.7 Å². The molecule has 1 aliphatic rings. The molecule has 0 amide bonds. The number of para-hydroxylation sites is 1. The molecule has 168 valence electrons. The van der Waals surface area contributed by atoms with Crippen LogP contribution in [-0.2, 0) is 11.3 Å². The number of morpholine rings is 1. The van der Waals surface area contributed by atoms with Gasteiger partial charge in [-0.05, 0) is 6.07 Å². The normalized spacial score (nSPS) is 16.6. The molecule has 0 N–H and O–H groups in total. The van der Waals surface area contributed by atoms with Crippen molar-refractivity contribution >= 4 is 5.95 Å². The van der Waals surface area contributed by atoms with Crippen LogP contribution in [0, 0.1) is 0 Å². The van der Waals surface area contributed by atoms with Crippen molar-refractivity contribution in [2.24, 2.45) is 0 Å². The monoisotopic (exact) mass is 436 g/mol. The Morgan fingerprint density at radius 1 is 1.12 bits per heavy atom. The molecule has 3 aromatic rings. The average Bonchev–Trinajstić information content (AvgIpc) is 2.84. The van der Waals surface area contributed by atoms with E-state index in [2.05, 4.69) is 25.9 Å². The predicted octanol–water partition coefficient (Wildman–Crippen LogP) is 2.59. The molecule has 0 unspecified atom stereocenters. The van der Waals surface area contributed by atoms with E-state index < -0.39 is 0 Å². The Morgan fingerprint density at radius 2 is 1.94 bits per heavy atom. The molecule has 0 spiro atoms. The van der Waals surface area contributed by atoms with Crippen molar-refractivity contribution in [3.63, 3.8) is 0 Å². The second-order valence-corrected chi connectivity index (χ2v) is 7.74. The molecule has 4 rings (SSSR count). The smallest absolute Gasteiger partial charge is 0.225 e. The number of methoxy groups -OCH3 is 2. The lowest BCUT2D eigenvalue weighted by molar-refractivity contribution is -0.0348. The highest BCUT2D eigenvalue weighted by molar-refractivity contribution is 5.64. The maximum atomic E-state index is 6.18. The summed E-state index contributed by atoms with van der Waals surface area (Å²) < 4.78 is 17.3. The third-order valence-electron chi connectivity index (χ3n) is 5.41. The minimum atomic E-state index is -0.211. The van der Waals surface area contributed by atoms with Gasteiger partial charge >= 0.3 is 0 Å². The van der Waals surface area contributed by atoms with E-state index in [-0.39, 0.29) is 6.10 Å². The molecule has 2 aromatic heterocycles. The van der Waals surface area contributed by atoms with E-state index in [1.807, 2.05) is 37.3 Å². The first-order chi connectivity index (χ1) is 15.6. The predicted molar refractivity (Wildman–Crippen MR) is 121 cm³/mol. The van der Waals surface area contributed by atoms with Gasteiger partial charge in [0.25, 0.3) is 0 Å². The van der Waals surface area contributed by atoms with Crippen molar-refractivity contribution in [1.29, 1.82) is 0 Å². The second-order valence-electron chi connectivity index (χ2n) is 7.74. The molecule has 0 bridgehead atoms. The zero-order chi connectivity index (χ0) is 22.5. The molecule has 3 heterocycles. The Morgan fingerprint density at radius 3 is 2.66 bits per heavy atom. The van der Waals surface area contributed by atoms with Crippen molar-refractivity contribution in [2.45, 2.75) is 12.6 Å². The highest BCUT2D eigenvalue weighted by atomic mass is 16.5. The molecule has 0 aliphatic carbocycles. The van der Waals surface area contributed by atoms with Gasteiger partial charge in [0.15, 0.2) is 11.5 Å². The van der Waals surface area contributed by atoms with Crippen LogP contribution in [0.4, 0.5) is 5.95 Å². The van der Waals surface area contributed by atoms with Gasteiger partial charge in [0.1, 0.15) is 12.4 Å². The van der Waals surface area contributed by atoms with Crippen LogP contribution in [0.2, 0.25) is 0 Å². The van der Waals surface area contributed by atoms with Crippen molar-refractivity contribution in [2.75, 3.05) is 52.9 Å². The van der Waals surface area contributed by atoms with Crippen molar-refractivity contribution < 1.29 is 14.2 Å². The molecule has 1 fully saturated rings. The first-order valence-electron chi connectivity index (χ1n) is 10.4. The number of aromatic nitrogens is 4. The average molecular weight is 437 g/mol. The lowest BCUT2D eigenvalue weighted by Gasteiger charge is -2.34. The number of hydrogen-bond donors (Lipinski definition) is 0. The molecule has 32 heavy (non-hydrogen) atoms. The van der Waals surface area contributed by atoms with E-state index in [1.54, 1.807) is 26.6 Å². The maximum Gasteiger partial charge on any atom is 0.225 e. The fourth-order valence-electron chi connectivity index (χ4n) is 3.84. The van der Waals surface area contributed by atoms with Gasteiger partial charge in [-0.25, -0.2) is 19.9 Å². The summed E-state index contributed by atoms with van der Waals surface area (Å²) in [5.74, 6) is 2.13. The van der Waals surface area contributed by atoms with E-state index >= 15 is 0 Å². The summed E-state index contributed by atoms with van der Waals surface area (Å²) in [6.45, 7) is 2.82. The molecule has 9 nitrogen and oxygen atoms in total. The number of nitrogens with zero attached hydrogens (tertiary/aromatic N) is 6. The molecule has 1 aromatic carbocycles. The summed E-state index contributed by atoms with van der Waals surface area (Å²) in [5, 5.41) is 0. The Balaban J connectivity index is 1.63. The van der Waals surface area contributed by atoms with Gasteiger partial charge in [-0.3, -0.25) is 4.90 Å². The molecule has 1 saturated heterocycles. The molecular formula is C23H28N6O3. The van der Waals surface area contributed by atoms with E-state index in [4.69, 9.17) is 19.2 Å². The number of anilines is 1. The fraction of sp³-hybridized carbons (Fsp3) is 0.391. The summed E-state index contributed by atoms with van der Waals surface area (Å²) in [4.78, 5) is 21.9. The van der Waals surface area contributed by atoms with E-state index in [0.29, 0.717) is 19.1 Å². The number of hydrogen-bond acceptors (Lipinski definition) is 9. The van der Waals surface area contributed by atoms with Gasteiger partial charge in [-0.1, -0.05) is 12.1 Å². The SMILES string of the molecule is COc1cccc(CN2CCO[C@H](c3nc(N(C)C)ncc3-c3cncnc3)C2)c1OC. The standard InChI is InChI=1S/C23H28N6O3/c1-28(2)23-26-12-18(17-10-24-15-25-11-17)21(27-23)20-14-29(8-9-32-20)13-16-6-5-7-19(30-3)22(16)31-4/h5-7,10-12,15,20H,8-9,13-14H2,1-4H3/t20-/m0/s1. The summed E-state index contributed by atoms with van der Waals surface area (Å²) in [6.07, 6.45) is 6.66. The van der Waals surface area contributed by atoms with Gasteiger partial charge in [-0.15, -0.1) is 0 Å². The molecule has 1 atom stereocenters. The van der Waals surface area contributed by atoms with Crippen LogP contribution in [0.25, 0.3) is 11.1 Å². The maximum absolute atomic E-state index is 6.18. The van der Waals surface area contributed by atoms with E-state index in [9.17, 15) is 0 Å². The van der Waals surface area contributed by atoms with Crippen molar-refractivity contribution in [3.8, 4) is 22.6 Å². The summed E-state index contributed by atoms with van der Waals surface area (Å²) >= 11 is 0. The van der Waals surface area contributed by atoms with Gasteiger partial charge in [-0.2, -0.15) is 0 Å². The van der Waals surface area contributed by atoms with Crippen LogP contribution < -0.4 is 14.4 Å². The molecule has 9 heteroatoms. The minimum absolute atomic E-state index is 0.211. The van der Waals surface area contributed by atoms with Crippen LogP contribution in [-0.4, -0.2) is 72.8 Å². The zero-order valence-electron chi connectivity index (χ0n) is 18.9. The molecule has 1 aliphatic heterocycles. The minimum Gasteiger partial charge on any atom is -0.493 e. The molecule has 0 saturated carbocycles. The number of benzene rings is 1. The lowest BCUT2D eigenvalue weighted by Crippen LogP contribution is -2.38. The fourth-order valence-corrected chi connectivity index (χ4v) is 3.84. The van der Waals surface area contributed by atoms with Crippen LogP contribution in [0.3, 0.4) is 0 Å². The summed E-state index contributed by atoms with van der Waals surface area (Å²) in [7, 11) is 7.17. The number of ether oxygens (including phenoxy) is 3. The Bertz CT molecular complexity index is 1050. The Kier molecular flexibility index (Phi) is 6.77. The Hall–Kier alpha value is -3.30. The molecular weight excluding hydrogens is 408 g/mol. The van der Waals surface area contributed by atoms with Crippen LogP contribution in [0.1, 0.15) is 17.4 Å². The quantitative estimate of drug-likeness (QED) is 0.555. The van der Waals surface area contributed by atoms with Crippen molar-refractivity contribution in [1.82, 2.24) is 24.8 Å². The highest BCUT2D eigenvalue weighted by Crippen LogP contribution is 2.34. The highest BCUT2D eigenvalue weighted by Gasteiger charge is 2.28. The first-order valence-corrected chi connectivity index (χ1v) is 10.4. The Labute approximate surface area is 188 Å². The lowest BCUT2D eigenvalue weighted by atomic mass is 10.0. The third kappa shape index (κ3) is 4.63. The van der Waals surface area contributed by atoms with E-state index in [0.717, 1.165) is 47.0 Å². The van der Waals surface area contributed by atoms with Gasteiger partial charge in [0.05, 0.1) is 26.5 Å². The first kappa shape index (κ1) is 21.9. The van der Waals surface area contributed by atoms with Crippen molar-refractivity contribution in [3.05, 3.63) is 54.4 Å². The van der Waals surface area contributed by atoms with Gasteiger partial charge in [0, 0.05) is 69.0 Å². The second kappa shape index (κ2) is 9.88. The largest absolute Gasteiger partial charge is 0.493 e. The van der Waals surface area contributed by atoms with Crippen LogP contribution in [0.15, 0.2) is 43.1 Å². The number of rotatable bonds is 7. The van der Waals surface area contributed by atoms with Crippen LogP contribution >= 0.6 is 0 Å². The third-order valence-corrected chi connectivity index (χ3v) is 5.41. The van der Waals surface area contributed by atoms with Gasteiger partial charge in [0.2, 0.25) is 5.95 Å². The van der Waals surface area contributed by atoms with Gasteiger partial charge < -0.3 is 19.1 Å². The van der Waals surface area contributed by atoms with Crippen LogP contribution in [0.5, 0.6) is 11.5 Å².